The molecule has 180 valence electrons. The summed E-state index contributed by atoms with van der Waals surface area (Å²) in [6, 6.07) is 5.76. The Bertz CT molecular complexity index is 830. The fourth-order valence-electron chi connectivity index (χ4n) is 4.28. The summed E-state index contributed by atoms with van der Waals surface area (Å²) in [4.78, 5) is 14.9. The average molecular weight is 488 g/mol. The summed E-state index contributed by atoms with van der Waals surface area (Å²) in [7, 11) is -3.61. The number of aliphatic hydroxyl groups is 1. The predicted octanol–water partition coefficient (Wildman–Crippen LogP) is 1.91. The third-order valence-corrected chi connectivity index (χ3v) is 7.86. The van der Waals surface area contributed by atoms with Gasteiger partial charge >= 0.3 is 0 Å². The first kappa shape index (κ1) is 25.4. The van der Waals surface area contributed by atoms with Gasteiger partial charge in [0.05, 0.1) is 23.6 Å². The van der Waals surface area contributed by atoms with Crippen molar-refractivity contribution < 1.29 is 23.1 Å². The van der Waals surface area contributed by atoms with Crippen LogP contribution in [0.25, 0.3) is 0 Å². The van der Waals surface area contributed by atoms with E-state index in [4.69, 9.17) is 16.3 Å². The number of hydrogen-bond acceptors (Lipinski definition) is 6. The third-order valence-electron chi connectivity index (χ3n) is 6.13. The molecule has 0 spiro atoms. The van der Waals surface area contributed by atoms with Gasteiger partial charge in [-0.05, 0) is 69.5 Å². The van der Waals surface area contributed by atoms with Crippen molar-refractivity contribution in [2.24, 2.45) is 0 Å². The molecule has 0 aliphatic carbocycles. The van der Waals surface area contributed by atoms with Crippen molar-refractivity contribution in [3.8, 4) is 0 Å². The lowest BCUT2D eigenvalue weighted by Gasteiger charge is -2.36. The van der Waals surface area contributed by atoms with E-state index in [0.717, 1.165) is 19.6 Å². The number of nitrogens with one attached hydrogen (secondary N) is 2. The van der Waals surface area contributed by atoms with Gasteiger partial charge < -0.3 is 20.1 Å². The standard InChI is InChI=1S/C22H34ClN3O5S/c23-17-4-7-19(8-5-17)32(29,30)24-12-10-18-6-9-20(21(16-27)31-18)25-22(28)11-15-26-13-2-1-3-14-26/h4-5,7-8,18,20-21,24,27H,1-3,6,9-16H2,(H,25,28)/t18-,20+,21-/m0/s1. The molecule has 2 aliphatic rings. The molecule has 0 bridgehead atoms. The summed E-state index contributed by atoms with van der Waals surface area (Å²) in [5, 5.41) is 13.2. The summed E-state index contributed by atoms with van der Waals surface area (Å²) in [6.07, 6.45) is 5.31. The van der Waals surface area contributed by atoms with Crippen LogP contribution in [0.15, 0.2) is 29.2 Å². The summed E-state index contributed by atoms with van der Waals surface area (Å²) in [5.74, 6) is -0.0169. The topological polar surface area (TPSA) is 108 Å². The molecule has 0 saturated carbocycles. The molecule has 2 heterocycles. The summed E-state index contributed by atoms with van der Waals surface area (Å²) < 4.78 is 33.3. The number of rotatable bonds is 10. The van der Waals surface area contributed by atoms with Gasteiger partial charge in [-0.25, -0.2) is 13.1 Å². The molecule has 10 heteroatoms. The van der Waals surface area contributed by atoms with Crippen LogP contribution < -0.4 is 10.0 Å². The first-order valence-corrected chi connectivity index (χ1v) is 13.3. The number of sulfonamides is 1. The smallest absolute Gasteiger partial charge is 0.240 e. The zero-order chi connectivity index (χ0) is 23.0. The number of ether oxygens (including phenoxy) is 1. The number of halogens is 1. The van der Waals surface area contributed by atoms with Crippen LogP contribution in [-0.2, 0) is 19.6 Å². The Labute approximate surface area is 195 Å². The van der Waals surface area contributed by atoms with Gasteiger partial charge in [0.25, 0.3) is 0 Å². The highest BCUT2D eigenvalue weighted by Gasteiger charge is 2.32. The van der Waals surface area contributed by atoms with Gasteiger partial charge in [-0.3, -0.25) is 4.79 Å². The monoisotopic (exact) mass is 487 g/mol. The maximum absolute atomic E-state index is 12.4. The maximum Gasteiger partial charge on any atom is 0.240 e. The lowest BCUT2D eigenvalue weighted by atomic mass is 9.97. The Morgan fingerprint density at radius 3 is 2.56 bits per heavy atom. The third kappa shape index (κ3) is 7.67. The minimum Gasteiger partial charge on any atom is -0.394 e. The lowest BCUT2D eigenvalue weighted by molar-refractivity contribution is -0.128. The molecule has 2 aliphatic heterocycles. The van der Waals surface area contributed by atoms with Crippen molar-refractivity contribution in [1.82, 2.24) is 14.9 Å². The van der Waals surface area contributed by atoms with Crippen molar-refractivity contribution >= 4 is 27.5 Å². The molecule has 0 unspecified atom stereocenters. The van der Waals surface area contributed by atoms with Crippen LogP contribution in [0.4, 0.5) is 0 Å². The van der Waals surface area contributed by atoms with Gasteiger partial charge in [0.15, 0.2) is 0 Å². The van der Waals surface area contributed by atoms with Gasteiger partial charge in [-0.15, -0.1) is 0 Å². The number of benzene rings is 1. The quantitative estimate of drug-likeness (QED) is 0.465. The van der Waals surface area contributed by atoms with Gasteiger partial charge in [0.1, 0.15) is 6.10 Å². The Hall–Kier alpha value is -1.23. The molecule has 3 N–H and O–H groups in total. The second-order valence-electron chi connectivity index (χ2n) is 8.52. The van der Waals surface area contributed by atoms with Gasteiger partial charge in [-0.1, -0.05) is 18.0 Å². The van der Waals surface area contributed by atoms with E-state index in [1.54, 1.807) is 0 Å². The van der Waals surface area contributed by atoms with Crippen LogP contribution in [0.3, 0.4) is 0 Å². The summed E-state index contributed by atoms with van der Waals surface area (Å²) in [5.41, 5.74) is 0. The predicted molar refractivity (Wildman–Crippen MR) is 123 cm³/mol. The number of piperidine rings is 1. The second kappa shape index (κ2) is 12.3. The van der Waals surface area contributed by atoms with Crippen molar-refractivity contribution in [1.29, 1.82) is 0 Å². The molecular weight excluding hydrogens is 454 g/mol. The van der Waals surface area contributed by atoms with E-state index < -0.39 is 16.1 Å². The fourth-order valence-corrected chi connectivity index (χ4v) is 5.46. The number of aliphatic hydroxyl groups excluding tert-OH is 1. The molecule has 2 fully saturated rings. The second-order valence-corrected chi connectivity index (χ2v) is 10.7. The maximum atomic E-state index is 12.4. The number of hydrogen-bond donors (Lipinski definition) is 3. The lowest BCUT2D eigenvalue weighted by Crippen LogP contribution is -2.51. The average Bonchev–Trinajstić information content (AvgIpc) is 2.79. The largest absolute Gasteiger partial charge is 0.394 e. The molecule has 1 aromatic rings. The molecule has 0 aromatic heterocycles. The highest BCUT2D eigenvalue weighted by Crippen LogP contribution is 2.22. The van der Waals surface area contributed by atoms with E-state index in [2.05, 4.69) is 14.9 Å². The molecule has 3 atom stereocenters. The first-order chi connectivity index (χ1) is 15.4. The van der Waals surface area contributed by atoms with Crippen LogP contribution in [-0.4, -0.2) is 75.4 Å². The van der Waals surface area contributed by atoms with Crippen LogP contribution in [0.2, 0.25) is 5.02 Å². The molecule has 3 rings (SSSR count). The van der Waals surface area contributed by atoms with Crippen molar-refractivity contribution in [2.45, 2.75) is 68.1 Å². The summed E-state index contributed by atoms with van der Waals surface area (Å²) >= 11 is 5.81. The number of carbonyl (C=O) groups excluding carboxylic acids is 1. The highest BCUT2D eigenvalue weighted by molar-refractivity contribution is 7.89. The highest BCUT2D eigenvalue weighted by atomic mass is 35.5. The minimum absolute atomic E-state index is 0.0169. The van der Waals surface area contributed by atoms with E-state index in [1.165, 1.54) is 43.5 Å². The molecular formula is C22H34ClN3O5S. The van der Waals surface area contributed by atoms with Crippen LogP contribution in [0.1, 0.15) is 44.9 Å². The number of likely N-dealkylation sites (tertiary alicyclic amines) is 1. The molecule has 2 saturated heterocycles. The van der Waals surface area contributed by atoms with E-state index in [-0.39, 0.29) is 36.1 Å². The van der Waals surface area contributed by atoms with Gasteiger partial charge in [0, 0.05) is 24.5 Å². The Morgan fingerprint density at radius 2 is 1.88 bits per heavy atom. The molecule has 8 nitrogen and oxygen atoms in total. The summed E-state index contributed by atoms with van der Waals surface area (Å²) in [6.45, 7) is 2.91. The van der Waals surface area contributed by atoms with E-state index in [1.807, 2.05) is 0 Å². The normalized spacial score (nSPS) is 24.9. The van der Waals surface area contributed by atoms with Gasteiger partial charge in [0.2, 0.25) is 15.9 Å². The molecule has 1 aromatic carbocycles. The Morgan fingerprint density at radius 1 is 1.16 bits per heavy atom. The number of nitrogens with zero attached hydrogens (tertiary/aromatic N) is 1. The minimum atomic E-state index is -3.61. The zero-order valence-corrected chi connectivity index (χ0v) is 19.9. The molecule has 0 radical (unpaired) electrons. The van der Waals surface area contributed by atoms with E-state index in [9.17, 15) is 18.3 Å². The molecule has 32 heavy (non-hydrogen) atoms. The van der Waals surface area contributed by atoms with Crippen LogP contribution in [0.5, 0.6) is 0 Å². The van der Waals surface area contributed by atoms with Crippen LogP contribution >= 0.6 is 11.6 Å². The van der Waals surface area contributed by atoms with Crippen molar-refractivity contribution in [3.63, 3.8) is 0 Å². The van der Waals surface area contributed by atoms with Crippen molar-refractivity contribution in [2.75, 3.05) is 32.8 Å². The van der Waals surface area contributed by atoms with Crippen LogP contribution in [0, 0.1) is 0 Å². The zero-order valence-electron chi connectivity index (χ0n) is 18.3. The Balaban J connectivity index is 1.39. The fraction of sp³-hybridized carbons (Fsp3) is 0.682. The van der Waals surface area contributed by atoms with E-state index in [0.29, 0.717) is 30.7 Å². The Kier molecular flexibility index (Phi) is 9.76. The molecule has 1 amide bonds. The number of amides is 1. The van der Waals surface area contributed by atoms with E-state index >= 15 is 0 Å². The SMILES string of the molecule is O=C(CCN1CCCCC1)N[C@@H]1CC[C@@H](CCNS(=O)(=O)c2ccc(Cl)cc2)O[C@H]1CO. The van der Waals surface area contributed by atoms with Gasteiger partial charge in [-0.2, -0.15) is 0 Å². The first-order valence-electron chi connectivity index (χ1n) is 11.4. The van der Waals surface area contributed by atoms with Crippen molar-refractivity contribution in [3.05, 3.63) is 29.3 Å². The number of carbonyl (C=O) groups is 1.